The van der Waals surface area contributed by atoms with Crippen LogP contribution in [0, 0.1) is 6.92 Å². The van der Waals surface area contributed by atoms with Crippen LogP contribution < -0.4 is 10.6 Å². The summed E-state index contributed by atoms with van der Waals surface area (Å²) in [5.41, 5.74) is 2.98. The highest BCUT2D eigenvalue weighted by Gasteiger charge is 2.12. The van der Waals surface area contributed by atoms with Crippen LogP contribution in [0.2, 0.25) is 5.15 Å². The maximum absolute atomic E-state index is 12.3. The topological polar surface area (TPSA) is 71.1 Å². The lowest BCUT2D eigenvalue weighted by Crippen LogP contribution is -2.14. The summed E-state index contributed by atoms with van der Waals surface area (Å²) in [5, 5.41) is 5.79. The molecule has 2 amide bonds. The Labute approximate surface area is 156 Å². The highest BCUT2D eigenvalue weighted by molar-refractivity contribution is 6.33. The lowest BCUT2D eigenvalue weighted by Gasteiger charge is -2.11. The van der Waals surface area contributed by atoms with E-state index in [1.54, 1.807) is 42.5 Å². The van der Waals surface area contributed by atoms with Crippen LogP contribution in [0.3, 0.4) is 0 Å². The number of carbonyl (C=O) groups is 2. The number of aromatic nitrogens is 1. The van der Waals surface area contributed by atoms with Gasteiger partial charge in [-0.05, 0) is 55.0 Å². The molecule has 3 rings (SSSR count). The van der Waals surface area contributed by atoms with E-state index in [1.165, 1.54) is 6.20 Å². The van der Waals surface area contributed by atoms with E-state index < -0.39 is 0 Å². The molecule has 0 aliphatic rings. The third kappa shape index (κ3) is 4.07. The number of pyridine rings is 1. The smallest absolute Gasteiger partial charge is 0.258 e. The largest absolute Gasteiger partial charge is 0.322 e. The van der Waals surface area contributed by atoms with Crippen LogP contribution in [0.5, 0.6) is 0 Å². The van der Waals surface area contributed by atoms with Gasteiger partial charge in [-0.2, -0.15) is 0 Å². The number of anilines is 2. The van der Waals surface area contributed by atoms with Gasteiger partial charge in [-0.3, -0.25) is 9.59 Å². The number of hydrogen-bond acceptors (Lipinski definition) is 3. The van der Waals surface area contributed by atoms with Gasteiger partial charge in [-0.15, -0.1) is 0 Å². The number of benzene rings is 2. The Kier molecular flexibility index (Phi) is 5.29. The first-order chi connectivity index (χ1) is 12.5. The standard InChI is InChI=1S/C20H16ClN3O2/c1-13-12-15(23-20(26)16-8-5-11-22-18(16)21)9-10-17(13)24-19(25)14-6-3-2-4-7-14/h2-12H,1H3,(H,23,26)(H,24,25). The molecule has 0 atom stereocenters. The van der Waals surface area contributed by atoms with Gasteiger partial charge in [0.1, 0.15) is 5.15 Å². The lowest BCUT2D eigenvalue weighted by atomic mass is 10.1. The molecule has 0 saturated carbocycles. The van der Waals surface area contributed by atoms with Crippen molar-refractivity contribution in [1.82, 2.24) is 4.98 Å². The van der Waals surface area contributed by atoms with E-state index in [9.17, 15) is 9.59 Å². The predicted octanol–water partition coefficient (Wildman–Crippen LogP) is 4.55. The van der Waals surface area contributed by atoms with Gasteiger partial charge in [0.05, 0.1) is 5.56 Å². The van der Waals surface area contributed by atoms with Crippen molar-refractivity contribution >= 4 is 34.8 Å². The van der Waals surface area contributed by atoms with E-state index in [-0.39, 0.29) is 17.0 Å². The molecule has 2 N–H and O–H groups in total. The molecule has 1 heterocycles. The Bertz CT molecular complexity index is 958. The van der Waals surface area contributed by atoms with Crippen LogP contribution in [-0.4, -0.2) is 16.8 Å². The minimum Gasteiger partial charge on any atom is -0.322 e. The van der Waals surface area contributed by atoms with Crippen LogP contribution in [0.25, 0.3) is 0 Å². The number of rotatable bonds is 4. The molecular weight excluding hydrogens is 350 g/mol. The van der Waals surface area contributed by atoms with E-state index in [0.717, 1.165) is 5.56 Å². The quantitative estimate of drug-likeness (QED) is 0.666. The summed E-state index contributed by atoms with van der Waals surface area (Å²) in [4.78, 5) is 28.4. The van der Waals surface area contributed by atoms with Crippen molar-refractivity contribution in [1.29, 1.82) is 0 Å². The fourth-order valence-electron chi connectivity index (χ4n) is 2.42. The van der Waals surface area contributed by atoms with Crippen LogP contribution in [0.4, 0.5) is 11.4 Å². The van der Waals surface area contributed by atoms with Gasteiger partial charge in [0, 0.05) is 23.1 Å². The number of hydrogen-bond donors (Lipinski definition) is 2. The highest BCUT2D eigenvalue weighted by Crippen LogP contribution is 2.22. The van der Waals surface area contributed by atoms with Crippen molar-refractivity contribution in [2.75, 3.05) is 10.6 Å². The molecule has 3 aromatic rings. The molecule has 130 valence electrons. The second-order valence-corrected chi connectivity index (χ2v) is 6.00. The number of carbonyl (C=O) groups excluding carboxylic acids is 2. The Morgan fingerprint density at radius 1 is 0.923 bits per heavy atom. The van der Waals surface area contributed by atoms with Crippen LogP contribution >= 0.6 is 11.6 Å². The number of nitrogens with one attached hydrogen (secondary N) is 2. The van der Waals surface area contributed by atoms with Crippen molar-refractivity contribution in [3.05, 3.63) is 88.7 Å². The van der Waals surface area contributed by atoms with Crippen LogP contribution in [0.1, 0.15) is 26.3 Å². The number of aryl methyl sites for hydroxylation is 1. The minimum absolute atomic E-state index is 0.147. The molecular formula is C20H16ClN3O2. The van der Waals surface area contributed by atoms with Crippen LogP contribution in [-0.2, 0) is 0 Å². The summed E-state index contributed by atoms with van der Waals surface area (Å²) >= 11 is 5.94. The molecule has 5 nitrogen and oxygen atoms in total. The normalized spacial score (nSPS) is 10.2. The monoisotopic (exact) mass is 365 g/mol. The van der Waals surface area contributed by atoms with Gasteiger partial charge in [-0.1, -0.05) is 29.8 Å². The van der Waals surface area contributed by atoms with Crippen molar-refractivity contribution in [2.24, 2.45) is 0 Å². The molecule has 0 unspecified atom stereocenters. The Morgan fingerprint density at radius 3 is 2.38 bits per heavy atom. The molecule has 0 spiro atoms. The molecule has 0 fully saturated rings. The highest BCUT2D eigenvalue weighted by atomic mass is 35.5. The van der Waals surface area contributed by atoms with Crippen molar-refractivity contribution < 1.29 is 9.59 Å². The summed E-state index contributed by atoms with van der Waals surface area (Å²) in [7, 11) is 0. The molecule has 6 heteroatoms. The fraction of sp³-hybridized carbons (Fsp3) is 0.0500. The van der Waals surface area contributed by atoms with Gasteiger partial charge in [0.25, 0.3) is 11.8 Å². The molecule has 0 saturated heterocycles. The Morgan fingerprint density at radius 2 is 1.69 bits per heavy atom. The predicted molar refractivity (Wildman–Crippen MR) is 103 cm³/mol. The maximum atomic E-state index is 12.3. The zero-order chi connectivity index (χ0) is 18.5. The van der Waals surface area contributed by atoms with E-state index >= 15 is 0 Å². The van der Waals surface area contributed by atoms with Crippen molar-refractivity contribution in [3.8, 4) is 0 Å². The first-order valence-corrected chi connectivity index (χ1v) is 8.31. The summed E-state index contributed by atoms with van der Waals surface area (Å²) in [5.74, 6) is -0.531. The zero-order valence-electron chi connectivity index (χ0n) is 14.0. The van der Waals surface area contributed by atoms with E-state index in [4.69, 9.17) is 11.6 Å². The molecule has 0 aliphatic carbocycles. The third-order valence-corrected chi connectivity index (χ3v) is 4.07. The second kappa shape index (κ2) is 7.80. The fourth-order valence-corrected chi connectivity index (χ4v) is 2.62. The summed E-state index contributed by atoms with van der Waals surface area (Å²) in [6.45, 7) is 1.85. The lowest BCUT2D eigenvalue weighted by molar-refractivity contribution is 0.101. The molecule has 1 aromatic heterocycles. The summed E-state index contributed by atoms with van der Waals surface area (Å²) in [6.07, 6.45) is 1.52. The number of halogens is 1. The van der Waals surface area contributed by atoms with E-state index in [2.05, 4.69) is 15.6 Å². The van der Waals surface area contributed by atoms with Crippen molar-refractivity contribution in [2.45, 2.75) is 6.92 Å². The summed E-state index contributed by atoms with van der Waals surface area (Å²) < 4.78 is 0. The summed E-state index contributed by atoms with van der Waals surface area (Å²) in [6, 6.07) is 17.5. The first-order valence-electron chi connectivity index (χ1n) is 7.93. The molecule has 0 bridgehead atoms. The Hall–Kier alpha value is -3.18. The van der Waals surface area contributed by atoms with Gasteiger partial charge in [0.15, 0.2) is 0 Å². The van der Waals surface area contributed by atoms with E-state index in [1.807, 2.05) is 25.1 Å². The zero-order valence-corrected chi connectivity index (χ0v) is 14.7. The number of nitrogens with zero attached hydrogens (tertiary/aromatic N) is 1. The molecule has 0 radical (unpaired) electrons. The second-order valence-electron chi connectivity index (χ2n) is 5.65. The first kappa shape index (κ1) is 17.6. The van der Waals surface area contributed by atoms with Gasteiger partial charge >= 0.3 is 0 Å². The van der Waals surface area contributed by atoms with Gasteiger partial charge in [0.2, 0.25) is 0 Å². The number of amides is 2. The third-order valence-electron chi connectivity index (χ3n) is 3.77. The van der Waals surface area contributed by atoms with Crippen LogP contribution in [0.15, 0.2) is 66.9 Å². The maximum Gasteiger partial charge on any atom is 0.258 e. The molecule has 2 aromatic carbocycles. The Balaban J connectivity index is 1.72. The average molecular weight is 366 g/mol. The van der Waals surface area contributed by atoms with E-state index in [0.29, 0.717) is 22.5 Å². The average Bonchev–Trinajstić information content (AvgIpc) is 2.65. The molecule has 0 aliphatic heterocycles. The SMILES string of the molecule is Cc1cc(NC(=O)c2cccnc2Cl)ccc1NC(=O)c1ccccc1. The van der Waals surface area contributed by atoms with Gasteiger partial charge in [-0.25, -0.2) is 4.98 Å². The van der Waals surface area contributed by atoms with Gasteiger partial charge < -0.3 is 10.6 Å². The molecule has 26 heavy (non-hydrogen) atoms. The minimum atomic E-state index is -0.344. The van der Waals surface area contributed by atoms with Crippen molar-refractivity contribution in [3.63, 3.8) is 0 Å².